The summed E-state index contributed by atoms with van der Waals surface area (Å²) in [5.74, 6) is -0.0489. The highest BCUT2D eigenvalue weighted by atomic mass is 16.1. The van der Waals surface area contributed by atoms with Crippen LogP contribution >= 0.6 is 0 Å². The number of nitrogens with one attached hydrogen (secondary N) is 1. The maximum Gasteiger partial charge on any atom is 0.251 e. The monoisotopic (exact) mass is 254 g/mol. The molecule has 0 aliphatic carbocycles. The molecule has 0 fully saturated rings. The second-order valence-electron chi connectivity index (χ2n) is 4.67. The number of carbonyl (C=O) groups is 1. The van der Waals surface area contributed by atoms with E-state index in [4.69, 9.17) is 0 Å². The summed E-state index contributed by atoms with van der Waals surface area (Å²) in [6, 6.07) is 9.83. The van der Waals surface area contributed by atoms with E-state index in [-0.39, 0.29) is 5.91 Å². The second kappa shape index (κ2) is 6.14. The summed E-state index contributed by atoms with van der Waals surface area (Å²) in [5.41, 5.74) is 4.47. The third-order valence-corrected chi connectivity index (χ3v) is 3.12. The first-order valence-electron chi connectivity index (χ1n) is 6.41. The molecule has 0 bridgehead atoms. The Hall–Kier alpha value is -2.16. The summed E-state index contributed by atoms with van der Waals surface area (Å²) in [6.45, 7) is 4.83. The summed E-state index contributed by atoms with van der Waals surface area (Å²) in [6.07, 6.45) is 4.10. The van der Waals surface area contributed by atoms with Crippen molar-refractivity contribution in [2.45, 2.75) is 20.3 Å². The largest absolute Gasteiger partial charge is 0.352 e. The molecule has 0 saturated heterocycles. The summed E-state index contributed by atoms with van der Waals surface area (Å²) in [7, 11) is 0. The van der Waals surface area contributed by atoms with Crippen LogP contribution in [0.15, 0.2) is 42.7 Å². The van der Waals surface area contributed by atoms with E-state index in [2.05, 4.69) is 42.3 Å². The molecule has 0 unspecified atom stereocenters. The van der Waals surface area contributed by atoms with Gasteiger partial charge in [0, 0.05) is 24.5 Å². The van der Waals surface area contributed by atoms with E-state index in [1.54, 1.807) is 24.5 Å². The fraction of sp³-hybridized carbons (Fsp3) is 0.250. The predicted molar refractivity (Wildman–Crippen MR) is 76.2 cm³/mol. The molecule has 0 saturated carbocycles. The molecule has 1 aromatic carbocycles. The minimum absolute atomic E-state index is 0.0489. The van der Waals surface area contributed by atoms with Gasteiger partial charge in [0.1, 0.15) is 0 Å². The van der Waals surface area contributed by atoms with Crippen LogP contribution in [0.2, 0.25) is 0 Å². The van der Waals surface area contributed by atoms with Gasteiger partial charge in [-0.1, -0.05) is 23.8 Å². The highest BCUT2D eigenvalue weighted by Crippen LogP contribution is 2.10. The summed E-state index contributed by atoms with van der Waals surface area (Å²) >= 11 is 0. The molecule has 0 aliphatic rings. The number of carbonyl (C=O) groups excluding carboxylic acids is 1. The van der Waals surface area contributed by atoms with Crippen molar-refractivity contribution in [2.24, 2.45) is 0 Å². The van der Waals surface area contributed by atoms with E-state index in [9.17, 15) is 4.79 Å². The van der Waals surface area contributed by atoms with Crippen molar-refractivity contribution in [3.63, 3.8) is 0 Å². The van der Waals surface area contributed by atoms with E-state index < -0.39 is 0 Å². The van der Waals surface area contributed by atoms with Gasteiger partial charge in [-0.05, 0) is 43.5 Å². The molecule has 1 N–H and O–H groups in total. The van der Waals surface area contributed by atoms with Crippen molar-refractivity contribution < 1.29 is 4.79 Å². The first-order valence-corrected chi connectivity index (χ1v) is 6.41. The Morgan fingerprint density at radius 3 is 2.58 bits per heavy atom. The molecule has 1 heterocycles. The van der Waals surface area contributed by atoms with Crippen LogP contribution in [0.4, 0.5) is 0 Å². The van der Waals surface area contributed by atoms with Gasteiger partial charge < -0.3 is 5.32 Å². The Morgan fingerprint density at radius 1 is 1.16 bits per heavy atom. The summed E-state index contributed by atoms with van der Waals surface area (Å²) in [5, 5.41) is 2.92. The molecule has 1 aromatic heterocycles. The third-order valence-electron chi connectivity index (χ3n) is 3.12. The smallest absolute Gasteiger partial charge is 0.251 e. The molecule has 1 amide bonds. The zero-order chi connectivity index (χ0) is 13.7. The molecule has 2 aromatic rings. The number of amides is 1. The lowest BCUT2D eigenvalue weighted by atomic mass is 10.0. The van der Waals surface area contributed by atoms with Crippen LogP contribution in [0.25, 0.3) is 0 Å². The number of hydrogen-bond donors (Lipinski definition) is 1. The first kappa shape index (κ1) is 13.3. The molecular weight excluding hydrogens is 236 g/mol. The molecule has 19 heavy (non-hydrogen) atoms. The quantitative estimate of drug-likeness (QED) is 0.911. The molecule has 0 atom stereocenters. The topological polar surface area (TPSA) is 42.0 Å². The van der Waals surface area contributed by atoms with Crippen LogP contribution in [0.5, 0.6) is 0 Å². The third kappa shape index (κ3) is 3.65. The molecule has 2 rings (SSSR count). The van der Waals surface area contributed by atoms with Crippen LogP contribution in [0.1, 0.15) is 27.0 Å². The maximum absolute atomic E-state index is 11.8. The van der Waals surface area contributed by atoms with Gasteiger partial charge in [0.2, 0.25) is 0 Å². The fourth-order valence-corrected chi connectivity index (χ4v) is 2.04. The summed E-state index contributed by atoms with van der Waals surface area (Å²) < 4.78 is 0. The van der Waals surface area contributed by atoms with Crippen molar-refractivity contribution in [1.29, 1.82) is 0 Å². The van der Waals surface area contributed by atoms with Crippen molar-refractivity contribution in [3.05, 3.63) is 65.0 Å². The fourth-order valence-electron chi connectivity index (χ4n) is 2.04. The number of hydrogen-bond acceptors (Lipinski definition) is 2. The Bertz CT molecular complexity index is 564. The highest BCUT2D eigenvalue weighted by molar-refractivity contribution is 5.93. The zero-order valence-corrected chi connectivity index (χ0v) is 11.3. The SMILES string of the molecule is Cc1ccc(CCNC(=O)c2ccncc2)c(C)c1. The van der Waals surface area contributed by atoms with Crippen molar-refractivity contribution in [3.8, 4) is 0 Å². The van der Waals surface area contributed by atoms with Crippen molar-refractivity contribution in [1.82, 2.24) is 10.3 Å². The van der Waals surface area contributed by atoms with Gasteiger partial charge >= 0.3 is 0 Å². The molecule has 3 nitrogen and oxygen atoms in total. The van der Waals surface area contributed by atoms with Gasteiger partial charge in [0.15, 0.2) is 0 Å². The number of rotatable bonds is 4. The maximum atomic E-state index is 11.8. The Balaban J connectivity index is 1.88. The number of benzene rings is 1. The second-order valence-corrected chi connectivity index (χ2v) is 4.67. The molecule has 0 aliphatic heterocycles. The molecule has 98 valence electrons. The standard InChI is InChI=1S/C16H18N2O/c1-12-3-4-14(13(2)11-12)7-10-18-16(19)15-5-8-17-9-6-15/h3-6,8-9,11H,7,10H2,1-2H3,(H,18,19). The van der Waals surface area contributed by atoms with Crippen LogP contribution in [0, 0.1) is 13.8 Å². The Morgan fingerprint density at radius 2 is 1.89 bits per heavy atom. The lowest BCUT2D eigenvalue weighted by Gasteiger charge is -2.08. The Kier molecular flexibility index (Phi) is 4.29. The number of aryl methyl sites for hydroxylation is 2. The van der Waals surface area contributed by atoms with Crippen LogP contribution < -0.4 is 5.32 Å². The number of pyridine rings is 1. The average Bonchev–Trinajstić information content (AvgIpc) is 2.42. The zero-order valence-electron chi connectivity index (χ0n) is 11.3. The van der Waals surface area contributed by atoms with Gasteiger partial charge in [-0.15, -0.1) is 0 Å². The van der Waals surface area contributed by atoms with Gasteiger partial charge in [0.05, 0.1) is 0 Å². The van der Waals surface area contributed by atoms with Gasteiger partial charge in [-0.3, -0.25) is 9.78 Å². The minimum Gasteiger partial charge on any atom is -0.352 e. The van der Waals surface area contributed by atoms with Crippen LogP contribution in [0.3, 0.4) is 0 Å². The first-order chi connectivity index (χ1) is 9.16. The van der Waals surface area contributed by atoms with Gasteiger partial charge in [-0.2, -0.15) is 0 Å². The van der Waals surface area contributed by atoms with Crippen LogP contribution in [-0.4, -0.2) is 17.4 Å². The van der Waals surface area contributed by atoms with E-state index >= 15 is 0 Å². The van der Waals surface area contributed by atoms with Crippen LogP contribution in [-0.2, 0) is 6.42 Å². The van der Waals surface area contributed by atoms with E-state index in [1.165, 1.54) is 16.7 Å². The normalized spacial score (nSPS) is 10.2. The molecule has 0 spiro atoms. The molecule has 0 radical (unpaired) electrons. The molecule has 3 heteroatoms. The average molecular weight is 254 g/mol. The lowest BCUT2D eigenvalue weighted by molar-refractivity contribution is 0.0954. The highest BCUT2D eigenvalue weighted by Gasteiger charge is 2.04. The molecular formula is C16H18N2O. The Labute approximate surface area is 113 Å². The van der Waals surface area contributed by atoms with Crippen molar-refractivity contribution in [2.75, 3.05) is 6.54 Å². The van der Waals surface area contributed by atoms with Crippen molar-refractivity contribution >= 4 is 5.91 Å². The predicted octanol–water partition coefficient (Wildman–Crippen LogP) is 2.67. The number of nitrogens with zero attached hydrogens (tertiary/aromatic N) is 1. The summed E-state index contributed by atoms with van der Waals surface area (Å²) in [4.78, 5) is 15.7. The van der Waals surface area contributed by atoms with E-state index in [1.807, 2.05) is 0 Å². The lowest BCUT2D eigenvalue weighted by Crippen LogP contribution is -2.25. The minimum atomic E-state index is -0.0489. The van der Waals surface area contributed by atoms with Gasteiger partial charge in [-0.25, -0.2) is 0 Å². The van der Waals surface area contributed by atoms with Gasteiger partial charge in [0.25, 0.3) is 5.91 Å². The van der Waals surface area contributed by atoms with E-state index in [0.717, 1.165) is 6.42 Å². The van der Waals surface area contributed by atoms with E-state index in [0.29, 0.717) is 12.1 Å². The number of aromatic nitrogens is 1.